The van der Waals surface area contributed by atoms with Crippen LogP contribution in [0, 0.1) is 17.1 Å². The molecule has 0 spiro atoms. The second-order valence-electron chi connectivity index (χ2n) is 4.89. The summed E-state index contributed by atoms with van der Waals surface area (Å²) >= 11 is 5.87. The molecule has 4 nitrogen and oxygen atoms in total. The highest BCUT2D eigenvalue weighted by Crippen LogP contribution is 2.23. The second-order valence-corrected chi connectivity index (χ2v) is 7.26. The maximum atomic E-state index is 13.1. The highest BCUT2D eigenvalue weighted by molar-refractivity contribution is 7.95. The van der Waals surface area contributed by atoms with E-state index in [1.165, 1.54) is 13.2 Å². The fraction of sp³-hybridized carbons (Fsp3) is 0.118. The Labute approximate surface area is 144 Å². The number of allylic oxidation sites excluding steroid dienone is 1. The average molecular weight is 366 g/mol. The van der Waals surface area contributed by atoms with Crippen LogP contribution >= 0.6 is 11.6 Å². The summed E-state index contributed by atoms with van der Waals surface area (Å²) in [5, 5.41) is 9.22. The van der Waals surface area contributed by atoms with Crippen molar-refractivity contribution < 1.29 is 17.5 Å². The van der Waals surface area contributed by atoms with Crippen molar-refractivity contribution in [1.82, 2.24) is 0 Å². The van der Waals surface area contributed by atoms with Crippen LogP contribution in [0.5, 0.6) is 5.75 Å². The molecular weight excluding hydrogens is 353 g/mol. The standard InChI is InChI=1S/C17H13ClFNO3S/c1-23-15-6-2-12(3-7-15)11-24(21,22)16(10-20)8-13-4-5-14(19)9-17(13)18/h2-9H,11H2,1H3/b16-8-. The van der Waals surface area contributed by atoms with E-state index in [-0.39, 0.29) is 16.3 Å². The molecule has 2 aromatic carbocycles. The van der Waals surface area contributed by atoms with E-state index in [1.807, 2.05) is 0 Å². The number of rotatable bonds is 5. The topological polar surface area (TPSA) is 67.2 Å². The predicted molar refractivity (Wildman–Crippen MR) is 90.6 cm³/mol. The zero-order valence-corrected chi connectivity index (χ0v) is 14.2. The Morgan fingerprint density at radius 1 is 1.29 bits per heavy atom. The fourth-order valence-electron chi connectivity index (χ4n) is 1.97. The van der Waals surface area contributed by atoms with Crippen LogP contribution in [0.4, 0.5) is 4.39 Å². The van der Waals surface area contributed by atoms with Gasteiger partial charge in [-0.15, -0.1) is 0 Å². The van der Waals surface area contributed by atoms with Gasteiger partial charge in [-0.1, -0.05) is 29.8 Å². The molecule has 0 heterocycles. The number of sulfone groups is 1. The van der Waals surface area contributed by atoms with Crippen LogP contribution in [0.15, 0.2) is 47.4 Å². The Bertz CT molecular complexity index is 916. The van der Waals surface area contributed by atoms with Crippen LogP contribution in [0.25, 0.3) is 6.08 Å². The maximum absolute atomic E-state index is 13.1. The molecular formula is C17H13ClFNO3S. The fourth-order valence-corrected chi connectivity index (χ4v) is 3.42. The summed E-state index contributed by atoms with van der Waals surface area (Å²) in [7, 11) is -2.35. The Hall–Kier alpha value is -2.36. The summed E-state index contributed by atoms with van der Waals surface area (Å²) in [4.78, 5) is -0.438. The van der Waals surface area contributed by atoms with Gasteiger partial charge in [-0.2, -0.15) is 5.26 Å². The van der Waals surface area contributed by atoms with Crippen LogP contribution < -0.4 is 4.74 Å². The molecule has 0 atom stereocenters. The van der Waals surface area contributed by atoms with Crippen molar-refractivity contribution in [3.8, 4) is 11.8 Å². The van der Waals surface area contributed by atoms with E-state index in [2.05, 4.69) is 0 Å². The molecule has 2 aromatic rings. The normalized spacial score (nSPS) is 11.8. The van der Waals surface area contributed by atoms with Gasteiger partial charge in [-0.25, -0.2) is 12.8 Å². The summed E-state index contributed by atoms with van der Waals surface area (Å²) in [6, 6.07) is 11.7. The van der Waals surface area contributed by atoms with Gasteiger partial charge in [0.1, 0.15) is 22.5 Å². The van der Waals surface area contributed by atoms with Gasteiger partial charge < -0.3 is 4.74 Å². The van der Waals surface area contributed by atoms with Gasteiger partial charge in [0.05, 0.1) is 17.9 Å². The minimum atomic E-state index is -3.86. The van der Waals surface area contributed by atoms with Crippen molar-refractivity contribution in [2.45, 2.75) is 5.75 Å². The van der Waals surface area contributed by atoms with Gasteiger partial charge in [-0.05, 0) is 41.5 Å². The van der Waals surface area contributed by atoms with Gasteiger partial charge in [0.25, 0.3) is 0 Å². The Balaban J connectivity index is 2.33. The molecule has 0 fully saturated rings. The summed E-state index contributed by atoms with van der Waals surface area (Å²) in [6.45, 7) is 0. The van der Waals surface area contributed by atoms with E-state index in [0.717, 1.165) is 18.2 Å². The SMILES string of the molecule is COc1ccc(CS(=O)(=O)/C(C#N)=C\c2ccc(F)cc2Cl)cc1. The molecule has 0 aromatic heterocycles. The molecule has 0 aliphatic carbocycles. The van der Waals surface area contributed by atoms with Gasteiger partial charge in [0.2, 0.25) is 0 Å². The zero-order chi connectivity index (χ0) is 17.7. The first kappa shape index (κ1) is 18.0. The maximum Gasteiger partial charge on any atom is 0.192 e. The quantitative estimate of drug-likeness (QED) is 0.752. The average Bonchev–Trinajstić information content (AvgIpc) is 2.54. The Morgan fingerprint density at radius 2 is 1.96 bits per heavy atom. The highest BCUT2D eigenvalue weighted by atomic mass is 35.5. The number of hydrogen-bond donors (Lipinski definition) is 0. The van der Waals surface area contributed by atoms with Gasteiger partial charge >= 0.3 is 0 Å². The van der Waals surface area contributed by atoms with E-state index in [9.17, 15) is 18.1 Å². The van der Waals surface area contributed by atoms with Crippen LogP contribution in [0.3, 0.4) is 0 Å². The van der Waals surface area contributed by atoms with Crippen molar-refractivity contribution in [2.24, 2.45) is 0 Å². The highest BCUT2D eigenvalue weighted by Gasteiger charge is 2.19. The lowest BCUT2D eigenvalue weighted by Gasteiger charge is -2.05. The molecule has 0 unspecified atom stereocenters. The number of nitrogens with zero attached hydrogens (tertiary/aromatic N) is 1. The molecule has 0 amide bonds. The summed E-state index contributed by atoms with van der Waals surface area (Å²) in [6.07, 6.45) is 1.14. The van der Waals surface area contributed by atoms with Crippen molar-refractivity contribution in [1.29, 1.82) is 5.26 Å². The van der Waals surface area contributed by atoms with Crippen LogP contribution in [-0.4, -0.2) is 15.5 Å². The summed E-state index contributed by atoms with van der Waals surface area (Å²) < 4.78 is 42.9. The molecule has 0 N–H and O–H groups in total. The van der Waals surface area contributed by atoms with Crippen LogP contribution in [-0.2, 0) is 15.6 Å². The third kappa shape index (κ3) is 4.34. The number of halogens is 2. The molecule has 0 saturated heterocycles. The first-order valence-corrected chi connectivity index (χ1v) is 8.81. The molecule has 0 bridgehead atoms. The smallest absolute Gasteiger partial charge is 0.192 e. The van der Waals surface area contributed by atoms with E-state index in [1.54, 1.807) is 30.3 Å². The molecule has 24 heavy (non-hydrogen) atoms. The van der Waals surface area contributed by atoms with Crippen molar-refractivity contribution in [2.75, 3.05) is 7.11 Å². The Morgan fingerprint density at radius 3 is 2.50 bits per heavy atom. The third-order valence-corrected chi connectivity index (χ3v) is 5.13. The lowest BCUT2D eigenvalue weighted by molar-refractivity contribution is 0.414. The predicted octanol–water partition coefficient (Wildman–Crippen LogP) is 3.97. The zero-order valence-electron chi connectivity index (χ0n) is 12.7. The molecule has 124 valence electrons. The second kappa shape index (κ2) is 7.47. The lowest BCUT2D eigenvalue weighted by Crippen LogP contribution is -2.06. The van der Waals surface area contributed by atoms with Crippen molar-refractivity contribution in [3.05, 3.63) is 69.3 Å². The minimum Gasteiger partial charge on any atom is -0.497 e. The van der Waals surface area contributed by atoms with Crippen LogP contribution in [0.2, 0.25) is 5.02 Å². The number of ether oxygens (including phenoxy) is 1. The number of nitriles is 1. The molecule has 7 heteroatoms. The molecule has 0 radical (unpaired) electrons. The first-order chi connectivity index (χ1) is 11.4. The molecule has 0 aliphatic heterocycles. The van der Waals surface area contributed by atoms with Gasteiger partial charge in [0, 0.05) is 0 Å². The number of benzene rings is 2. The monoisotopic (exact) mass is 365 g/mol. The van der Waals surface area contributed by atoms with Crippen molar-refractivity contribution >= 4 is 27.5 Å². The van der Waals surface area contributed by atoms with E-state index in [4.69, 9.17) is 16.3 Å². The molecule has 2 rings (SSSR count). The molecule has 0 aliphatic rings. The van der Waals surface area contributed by atoms with E-state index in [0.29, 0.717) is 11.3 Å². The summed E-state index contributed by atoms with van der Waals surface area (Å²) in [5.41, 5.74) is 0.773. The van der Waals surface area contributed by atoms with Crippen LogP contribution in [0.1, 0.15) is 11.1 Å². The number of methoxy groups -OCH3 is 1. The number of hydrogen-bond acceptors (Lipinski definition) is 4. The lowest BCUT2D eigenvalue weighted by atomic mass is 10.2. The van der Waals surface area contributed by atoms with E-state index >= 15 is 0 Å². The largest absolute Gasteiger partial charge is 0.497 e. The summed E-state index contributed by atoms with van der Waals surface area (Å²) in [5.74, 6) is -0.281. The van der Waals surface area contributed by atoms with E-state index < -0.39 is 20.6 Å². The van der Waals surface area contributed by atoms with Gasteiger partial charge in [0.15, 0.2) is 9.84 Å². The van der Waals surface area contributed by atoms with Gasteiger partial charge in [-0.3, -0.25) is 0 Å². The Kier molecular flexibility index (Phi) is 5.60. The van der Waals surface area contributed by atoms with Crippen molar-refractivity contribution in [3.63, 3.8) is 0 Å². The minimum absolute atomic E-state index is 0.0300. The third-order valence-electron chi connectivity index (χ3n) is 3.21. The first-order valence-electron chi connectivity index (χ1n) is 6.78. The molecule has 0 saturated carbocycles.